The van der Waals surface area contributed by atoms with Crippen molar-refractivity contribution in [1.29, 1.82) is 0 Å². The van der Waals surface area contributed by atoms with E-state index in [0.29, 0.717) is 12.8 Å². The van der Waals surface area contributed by atoms with Crippen LogP contribution in [0.5, 0.6) is 0 Å². The molecule has 0 saturated heterocycles. The maximum Gasteiger partial charge on any atom is 0.221 e. The van der Waals surface area contributed by atoms with Crippen LogP contribution in [0.25, 0.3) is 4.85 Å². The Balaban J connectivity index is 3.30. The Morgan fingerprint density at radius 1 is 1.89 bits per heavy atom. The van der Waals surface area contributed by atoms with Crippen molar-refractivity contribution in [2.45, 2.75) is 25.8 Å². The lowest BCUT2D eigenvalue weighted by Gasteiger charge is -1.92. The molecular formula is C6H8ClNO. The van der Waals surface area contributed by atoms with Crippen molar-refractivity contribution in [3.63, 3.8) is 0 Å². The molecule has 0 radical (unpaired) electrons. The Kier molecular flexibility index (Phi) is 4.08. The number of hydrogen-bond acceptors (Lipinski definition) is 1. The highest BCUT2D eigenvalue weighted by molar-refractivity contribution is 6.63. The molecule has 0 aliphatic rings. The molecule has 0 N–H and O–H groups in total. The zero-order valence-electron chi connectivity index (χ0n) is 5.22. The van der Waals surface area contributed by atoms with Crippen molar-refractivity contribution in [3.8, 4) is 0 Å². The molecule has 2 nitrogen and oxygen atoms in total. The summed E-state index contributed by atoms with van der Waals surface area (Å²) in [6.07, 6.45) is 0.886. The van der Waals surface area contributed by atoms with Crippen LogP contribution in [0.15, 0.2) is 0 Å². The van der Waals surface area contributed by atoms with E-state index in [4.69, 9.17) is 18.2 Å². The molecular weight excluding hydrogens is 138 g/mol. The van der Waals surface area contributed by atoms with Crippen molar-refractivity contribution >= 4 is 16.8 Å². The van der Waals surface area contributed by atoms with E-state index in [0.717, 1.165) is 0 Å². The molecule has 0 spiro atoms. The van der Waals surface area contributed by atoms with Crippen LogP contribution in [0.1, 0.15) is 19.8 Å². The Morgan fingerprint density at radius 2 is 2.44 bits per heavy atom. The van der Waals surface area contributed by atoms with Gasteiger partial charge >= 0.3 is 0 Å². The van der Waals surface area contributed by atoms with E-state index in [1.54, 1.807) is 6.92 Å². The molecule has 0 aliphatic carbocycles. The second-order valence-corrected chi connectivity index (χ2v) is 2.29. The molecule has 0 aliphatic heterocycles. The maximum atomic E-state index is 10.1. The first-order valence-corrected chi connectivity index (χ1v) is 3.09. The number of carbonyl (C=O) groups is 1. The third kappa shape index (κ3) is 5.32. The van der Waals surface area contributed by atoms with Crippen molar-refractivity contribution < 1.29 is 4.79 Å². The van der Waals surface area contributed by atoms with Gasteiger partial charge in [-0.3, -0.25) is 4.79 Å². The van der Waals surface area contributed by atoms with E-state index in [1.807, 2.05) is 0 Å². The molecule has 0 fully saturated rings. The molecule has 50 valence electrons. The number of hydrogen-bond donors (Lipinski definition) is 0. The fraction of sp³-hybridized carbons (Fsp3) is 0.667. The van der Waals surface area contributed by atoms with Crippen LogP contribution in [-0.2, 0) is 4.79 Å². The molecule has 0 saturated carbocycles. The first-order valence-electron chi connectivity index (χ1n) is 2.71. The summed E-state index contributed by atoms with van der Waals surface area (Å²) in [7, 11) is 0. The van der Waals surface area contributed by atoms with Gasteiger partial charge in [0.15, 0.2) is 0 Å². The third-order valence-corrected chi connectivity index (χ3v) is 1.17. The van der Waals surface area contributed by atoms with Gasteiger partial charge in [0.1, 0.15) is 0 Å². The summed E-state index contributed by atoms with van der Waals surface area (Å²) in [4.78, 5) is 13.3. The molecule has 9 heavy (non-hydrogen) atoms. The third-order valence-electron chi connectivity index (χ3n) is 0.979. The molecule has 0 amide bonds. The van der Waals surface area contributed by atoms with Crippen LogP contribution in [0.3, 0.4) is 0 Å². The summed E-state index contributed by atoms with van der Waals surface area (Å²) < 4.78 is 0. The van der Waals surface area contributed by atoms with Gasteiger partial charge in [-0.2, -0.15) is 0 Å². The second-order valence-electron chi connectivity index (χ2n) is 1.87. The summed E-state index contributed by atoms with van der Waals surface area (Å²) in [5, 5.41) is -0.356. The zero-order valence-corrected chi connectivity index (χ0v) is 5.98. The highest BCUT2D eigenvalue weighted by Crippen LogP contribution is 2.02. The highest BCUT2D eigenvalue weighted by Gasteiger charge is 2.05. The molecule has 0 aromatic rings. The number of halogens is 1. The maximum absolute atomic E-state index is 10.1. The molecule has 0 aromatic heterocycles. The van der Waals surface area contributed by atoms with E-state index < -0.39 is 0 Å². The van der Waals surface area contributed by atoms with Gasteiger partial charge in [-0.05, 0) is 11.6 Å². The SMILES string of the molecule is [C-]#[N+]C(C)CCC(=O)Cl. The van der Waals surface area contributed by atoms with Crippen molar-refractivity contribution in [2.75, 3.05) is 0 Å². The second kappa shape index (κ2) is 4.34. The first kappa shape index (κ1) is 8.45. The smallest absolute Gasteiger partial charge is 0.221 e. The van der Waals surface area contributed by atoms with Crippen LogP contribution in [0.2, 0.25) is 0 Å². The van der Waals surface area contributed by atoms with Crippen LogP contribution in [0, 0.1) is 6.57 Å². The summed E-state index contributed by atoms with van der Waals surface area (Å²) in [6.45, 7) is 8.29. The number of carbonyl (C=O) groups excluding carboxylic acids is 1. The van der Waals surface area contributed by atoms with Crippen LogP contribution in [-0.4, -0.2) is 11.3 Å². The molecule has 1 unspecified atom stereocenters. The quantitative estimate of drug-likeness (QED) is 0.439. The lowest BCUT2D eigenvalue weighted by molar-refractivity contribution is -0.111. The first-order chi connectivity index (χ1) is 4.16. The highest BCUT2D eigenvalue weighted by atomic mass is 35.5. The van der Waals surface area contributed by atoms with Gasteiger partial charge in [0.25, 0.3) is 0 Å². The topological polar surface area (TPSA) is 21.4 Å². The van der Waals surface area contributed by atoms with Crippen molar-refractivity contribution in [1.82, 2.24) is 0 Å². The van der Waals surface area contributed by atoms with E-state index in [9.17, 15) is 4.79 Å². The minimum Gasteiger partial charge on any atom is -0.314 e. The molecule has 0 bridgehead atoms. The van der Waals surface area contributed by atoms with Gasteiger partial charge in [-0.1, -0.05) is 0 Å². The summed E-state index contributed by atoms with van der Waals surface area (Å²) >= 11 is 5.04. The van der Waals surface area contributed by atoms with Gasteiger partial charge in [-0.25, -0.2) is 6.57 Å². The monoisotopic (exact) mass is 145 g/mol. The fourth-order valence-corrected chi connectivity index (χ4v) is 0.496. The Labute approximate surface area is 59.6 Å². The fourth-order valence-electron chi connectivity index (χ4n) is 0.387. The van der Waals surface area contributed by atoms with Crippen LogP contribution >= 0.6 is 11.6 Å². The predicted octanol–water partition coefficient (Wildman–Crippen LogP) is 1.84. The van der Waals surface area contributed by atoms with Gasteiger partial charge in [-0.15, -0.1) is 0 Å². The average Bonchev–Trinajstić information content (AvgIpc) is 1.83. The average molecular weight is 146 g/mol. The van der Waals surface area contributed by atoms with Gasteiger partial charge in [0.2, 0.25) is 11.3 Å². The minimum atomic E-state index is -0.356. The zero-order chi connectivity index (χ0) is 7.28. The van der Waals surface area contributed by atoms with E-state index in [1.165, 1.54) is 0 Å². The van der Waals surface area contributed by atoms with Crippen LogP contribution in [0.4, 0.5) is 0 Å². The summed E-state index contributed by atoms with van der Waals surface area (Å²) in [6, 6.07) is -0.0762. The molecule has 0 rings (SSSR count). The molecule has 0 aromatic carbocycles. The van der Waals surface area contributed by atoms with E-state index in [2.05, 4.69) is 4.85 Å². The summed E-state index contributed by atoms with van der Waals surface area (Å²) in [5.41, 5.74) is 0. The van der Waals surface area contributed by atoms with Gasteiger partial charge in [0, 0.05) is 19.8 Å². The van der Waals surface area contributed by atoms with Gasteiger partial charge < -0.3 is 4.85 Å². The number of nitrogens with zero attached hydrogens (tertiary/aromatic N) is 1. The number of rotatable bonds is 3. The Morgan fingerprint density at radius 3 is 2.78 bits per heavy atom. The molecule has 1 atom stereocenters. The molecule has 0 heterocycles. The predicted molar refractivity (Wildman–Crippen MR) is 36.2 cm³/mol. The van der Waals surface area contributed by atoms with Crippen molar-refractivity contribution in [2.24, 2.45) is 0 Å². The van der Waals surface area contributed by atoms with Crippen molar-refractivity contribution in [3.05, 3.63) is 11.4 Å². The minimum absolute atomic E-state index is 0.0762. The summed E-state index contributed by atoms with van der Waals surface area (Å²) in [5.74, 6) is 0. The standard InChI is InChI=1S/C6H8ClNO/c1-5(8-2)3-4-6(7)9/h5H,3-4H2,1H3. The lowest BCUT2D eigenvalue weighted by atomic mass is 10.2. The van der Waals surface area contributed by atoms with E-state index >= 15 is 0 Å². The normalized spacial score (nSPS) is 12.1. The van der Waals surface area contributed by atoms with Gasteiger partial charge in [0.05, 0.1) is 0 Å². The lowest BCUT2D eigenvalue weighted by Crippen LogP contribution is -1.96. The van der Waals surface area contributed by atoms with E-state index in [-0.39, 0.29) is 11.3 Å². The Bertz CT molecular complexity index is 138. The molecule has 3 heteroatoms. The Hall–Kier alpha value is -0.550. The van der Waals surface area contributed by atoms with Crippen LogP contribution < -0.4 is 0 Å². The largest absolute Gasteiger partial charge is 0.314 e.